The molecule has 1 amide bonds. The molecule has 0 radical (unpaired) electrons. The van der Waals surface area contributed by atoms with Gasteiger partial charge in [0.25, 0.3) is 5.91 Å². The van der Waals surface area contributed by atoms with Crippen LogP contribution in [0.4, 0.5) is 0 Å². The number of unbranched alkanes of at least 4 members (excludes halogenated alkanes) is 1. The van der Waals surface area contributed by atoms with Crippen LogP contribution in [0.5, 0.6) is 11.5 Å². The normalized spacial score (nSPS) is 11.6. The number of nitrogens with one attached hydrogen (secondary N) is 2. The number of fused-ring (bicyclic) bond motifs is 1. The van der Waals surface area contributed by atoms with Crippen molar-refractivity contribution < 1.29 is 14.6 Å². The smallest absolute Gasteiger partial charge is 0.255 e. The second-order valence-electron chi connectivity index (χ2n) is 6.20. The molecule has 0 saturated heterocycles. The summed E-state index contributed by atoms with van der Waals surface area (Å²) in [5.74, 6) is 0.671. The van der Waals surface area contributed by atoms with Gasteiger partial charge in [0, 0.05) is 6.54 Å². The number of H-pyrrole nitrogens is 1. The molecule has 1 heterocycles. The summed E-state index contributed by atoms with van der Waals surface area (Å²) < 4.78 is 5.07. The van der Waals surface area contributed by atoms with Gasteiger partial charge in [0.1, 0.15) is 5.82 Å². The SMILES string of the molecule is CCCCNC(=O)C(=Cc1ccc(OC)c(O)c1)c1nc2ccccc2[nH]1. The molecule has 0 aliphatic heterocycles. The first-order valence-corrected chi connectivity index (χ1v) is 8.94. The highest BCUT2D eigenvalue weighted by atomic mass is 16.5. The van der Waals surface area contributed by atoms with E-state index in [4.69, 9.17) is 4.74 Å². The first-order valence-electron chi connectivity index (χ1n) is 8.94. The van der Waals surface area contributed by atoms with E-state index in [0.29, 0.717) is 29.3 Å². The highest BCUT2D eigenvalue weighted by molar-refractivity contribution is 6.23. The van der Waals surface area contributed by atoms with Gasteiger partial charge in [-0.2, -0.15) is 0 Å². The fourth-order valence-corrected chi connectivity index (χ4v) is 2.76. The van der Waals surface area contributed by atoms with Gasteiger partial charge in [0.05, 0.1) is 23.7 Å². The minimum atomic E-state index is -0.210. The molecule has 140 valence electrons. The maximum atomic E-state index is 12.8. The number of aromatic nitrogens is 2. The standard InChI is InChI=1S/C21H23N3O3/c1-3-4-11-22-21(26)15(12-14-9-10-19(27-2)18(25)13-14)20-23-16-7-5-6-8-17(16)24-20/h5-10,12-13,25H,3-4,11H2,1-2H3,(H,22,26)(H,23,24). The quantitative estimate of drug-likeness (QED) is 0.440. The summed E-state index contributed by atoms with van der Waals surface area (Å²) in [5.41, 5.74) is 2.73. The molecule has 2 aromatic carbocycles. The zero-order chi connectivity index (χ0) is 19.2. The molecule has 6 heteroatoms. The maximum absolute atomic E-state index is 12.8. The van der Waals surface area contributed by atoms with Crippen LogP contribution in [0.25, 0.3) is 22.7 Å². The molecule has 6 nitrogen and oxygen atoms in total. The van der Waals surface area contributed by atoms with Crippen molar-refractivity contribution in [3.05, 3.63) is 53.9 Å². The number of carbonyl (C=O) groups excluding carboxylic acids is 1. The Morgan fingerprint density at radius 2 is 2.11 bits per heavy atom. The number of hydrogen-bond acceptors (Lipinski definition) is 4. The van der Waals surface area contributed by atoms with Crippen molar-refractivity contribution >= 4 is 28.6 Å². The third kappa shape index (κ3) is 4.28. The van der Waals surface area contributed by atoms with Gasteiger partial charge < -0.3 is 20.1 Å². The van der Waals surface area contributed by atoms with Crippen molar-refractivity contribution in [2.75, 3.05) is 13.7 Å². The average molecular weight is 365 g/mol. The third-order valence-electron chi connectivity index (χ3n) is 4.22. The predicted octanol–water partition coefficient (Wildman–Crippen LogP) is 3.73. The van der Waals surface area contributed by atoms with Crippen LogP contribution in [0.15, 0.2) is 42.5 Å². The van der Waals surface area contributed by atoms with Crippen LogP contribution < -0.4 is 10.1 Å². The number of hydrogen-bond donors (Lipinski definition) is 3. The van der Waals surface area contributed by atoms with Gasteiger partial charge in [-0.25, -0.2) is 4.98 Å². The molecular formula is C21H23N3O3. The first-order chi connectivity index (χ1) is 13.1. The van der Waals surface area contributed by atoms with Crippen LogP contribution in [0.2, 0.25) is 0 Å². The van der Waals surface area contributed by atoms with Crippen molar-refractivity contribution in [2.45, 2.75) is 19.8 Å². The minimum absolute atomic E-state index is 0.0154. The predicted molar refractivity (Wildman–Crippen MR) is 107 cm³/mol. The number of aromatic amines is 1. The van der Waals surface area contributed by atoms with Crippen molar-refractivity contribution in [1.29, 1.82) is 0 Å². The molecule has 3 aromatic rings. The van der Waals surface area contributed by atoms with Crippen LogP contribution in [0.1, 0.15) is 31.2 Å². The Hall–Kier alpha value is -3.28. The molecule has 0 saturated carbocycles. The highest BCUT2D eigenvalue weighted by Crippen LogP contribution is 2.28. The first kappa shape index (κ1) is 18.5. The number of amides is 1. The Morgan fingerprint density at radius 3 is 2.81 bits per heavy atom. The number of aromatic hydroxyl groups is 1. The molecule has 0 atom stereocenters. The van der Waals surface area contributed by atoms with E-state index in [9.17, 15) is 9.90 Å². The van der Waals surface area contributed by atoms with Gasteiger partial charge in [-0.1, -0.05) is 31.5 Å². The number of benzene rings is 2. The molecule has 0 bridgehead atoms. The zero-order valence-electron chi connectivity index (χ0n) is 15.5. The fourth-order valence-electron chi connectivity index (χ4n) is 2.76. The van der Waals surface area contributed by atoms with Crippen LogP contribution in [0.3, 0.4) is 0 Å². The van der Waals surface area contributed by atoms with Gasteiger partial charge in [0.2, 0.25) is 0 Å². The number of ether oxygens (including phenoxy) is 1. The molecule has 3 N–H and O–H groups in total. The van der Waals surface area contributed by atoms with Gasteiger partial charge in [-0.15, -0.1) is 0 Å². The van der Waals surface area contributed by atoms with E-state index in [1.165, 1.54) is 7.11 Å². The van der Waals surface area contributed by atoms with Gasteiger partial charge in [-0.3, -0.25) is 4.79 Å². The monoisotopic (exact) mass is 365 g/mol. The lowest BCUT2D eigenvalue weighted by molar-refractivity contribution is -0.115. The summed E-state index contributed by atoms with van der Waals surface area (Å²) in [6.07, 6.45) is 3.61. The number of phenols is 1. The van der Waals surface area contributed by atoms with E-state index in [1.807, 2.05) is 24.3 Å². The van der Waals surface area contributed by atoms with Crippen molar-refractivity contribution in [3.63, 3.8) is 0 Å². The van der Waals surface area contributed by atoms with Crippen LogP contribution in [-0.2, 0) is 4.79 Å². The summed E-state index contributed by atoms with van der Waals surface area (Å²) in [4.78, 5) is 20.5. The van der Waals surface area contributed by atoms with Gasteiger partial charge in [0.15, 0.2) is 11.5 Å². The van der Waals surface area contributed by atoms with E-state index in [1.54, 1.807) is 24.3 Å². The Morgan fingerprint density at radius 1 is 1.30 bits per heavy atom. The second-order valence-corrected chi connectivity index (χ2v) is 6.20. The number of phenolic OH excluding ortho intramolecular Hbond substituents is 1. The van der Waals surface area contributed by atoms with Crippen LogP contribution in [-0.4, -0.2) is 34.6 Å². The minimum Gasteiger partial charge on any atom is -0.504 e. The second kappa shape index (κ2) is 8.40. The molecule has 0 aliphatic carbocycles. The molecule has 0 unspecified atom stereocenters. The maximum Gasteiger partial charge on any atom is 0.255 e. The number of rotatable bonds is 7. The Kier molecular flexibility index (Phi) is 5.76. The molecule has 0 fully saturated rings. The Bertz CT molecular complexity index is 943. The highest BCUT2D eigenvalue weighted by Gasteiger charge is 2.16. The third-order valence-corrected chi connectivity index (χ3v) is 4.22. The molecule has 3 rings (SSSR count). The van der Waals surface area contributed by atoms with Crippen LogP contribution >= 0.6 is 0 Å². The summed E-state index contributed by atoms with van der Waals surface area (Å²) in [7, 11) is 1.49. The molecule has 0 spiro atoms. The van der Waals surface area contributed by atoms with Crippen molar-refractivity contribution in [1.82, 2.24) is 15.3 Å². The van der Waals surface area contributed by atoms with E-state index >= 15 is 0 Å². The summed E-state index contributed by atoms with van der Waals surface area (Å²) >= 11 is 0. The summed E-state index contributed by atoms with van der Waals surface area (Å²) in [6.45, 7) is 2.67. The molecule has 0 aliphatic rings. The number of carbonyl (C=O) groups is 1. The lowest BCUT2D eigenvalue weighted by Gasteiger charge is -2.08. The Labute approximate surface area is 157 Å². The van der Waals surface area contributed by atoms with Gasteiger partial charge in [-0.05, 0) is 42.3 Å². The lowest BCUT2D eigenvalue weighted by Crippen LogP contribution is -2.25. The van der Waals surface area contributed by atoms with Crippen molar-refractivity contribution in [3.8, 4) is 11.5 Å². The molecule has 1 aromatic heterocycles. The van der Waals surface area contributed by atoms with E-state index < -0.39 is 0 Å². The topological polar surface area (TPSA) is 87.2 Å². The van der Waals surface area contributed by atoms with Gasteiger partial charge >= 0.3 is 0 Å². The number of imidazole rings is 1. The summed E-state index contributed by atoms with van der Waals surface area (Å²) in [5, 5.41) is 13.0. The summed E-state index contributed by atoms with van der Waals surface area (Å²) in [6, 6.07) is 12.6. The molecule has 27 heavy (non-hydrogen) atoms. The van der Waals surface area contributed by atoms with Crippen molar-refractivity contribution in [2.24, 2.45) is 0 Å². The van der Waals surface area contributed by atoms with E-state index in [0.717, 1.165) is 23.9 Å². The lowest BCUT2D eigenvalue weighted by atomic mass is 10.1. The zero-order valence-corrected chi connectivity index (χ0v) is 15.5. The fraction of sp³-hybridized carbons (Fsp3) is 0.238. The van der Waals surface area contributed by atoms with E-state index in [-0.39, 0.29) is 11.7 Å². The Balaban J connectivity index is 2.01. The average Bonchev–Trinajstić information content (AvgIpc) is 3.10. The molecular weight excluding hydrogens is 342 g/mol. The largest absolute Gasteiger partial charge is 0.504 e. The number of para-hydroxylation sites is 2. The number of methoxy groups -OCH3 is 1. The van der Waals surface area contributed by atoms with Crippen LogP contribution in [0, 0.1) is 0 Å². The van der Waals surface area contributed by atoms with E-state index in [2.05, 4.69) is 22.2 Å². The number of nitrogens with zero attached hydrogens (tertiary/aromatic N) is 1.